The topological polar surface area (TPSA) is 49.8 Å². The van der Waals surface area contributed by atoms with E-state index < -0.39 is 0 Å². The van der Waals surface area contributed by atoms with Crippen molar-refractivity contribution >= 4 is 33.3 Å². The lowest BCUT2D eigenvalue weighted by Crippen LogP contribution is -2.06. The fourth-order valence-corrected chi connectivity index (χ4v) is 2.77. The second kappa shape index (κ2) is 5.88. The van der Waals surface area contributed by atoms with Gasteiger partial charge in [-0.15, -0.1) is 11.3 Å². The van der Waals surface area contributed by atoms with Gasteiger partial charge in [-0.1, -0.05) is 30.3 Å². The van der Waals surface area contributed by atoms with Crippen LogP contribution in [0.5, 0.6) is 0 Å². The van der Waals surface area contributed by atoms with Gasteiger partial charge < -0.3 is 10.6 Å². The van der Waals surface area contributed by atoms with Crippen LogP contribution in [-0.2, 0) is 6.54 Å². The van der Waals surface area contributed by atoms with E-state index in [2.05, 4.69) is 38.8 Å². The molecule has 102 valence electrons. The Bertz CT molecular complexity index is 693. The summed E-state index contributed by atoms with van der Waals surface area (Å²) in [4.78, 5) is 10.1. The van der Waals surface area contributed by atoms with Gasteiger partial charge in [0, 0.05) is 13.1 Å². The van der Waals surface area contributed by atoms with Crippen LogP contribution in [0.2, 0.25) is 0 Å². The lowest BCUT2D eigenvalue weighted by Gasteiger charge is -2.09. The standard InChI is InChI=1S/C15H16N4S/c1-2-16-15-18-13(12-8-9-20-14(12)19-15)17-10-11-6-4-3-5-7-11/h3-9H,2,10H2,1H3,(H2,16,17,18,19). The normalized spacial score (nSPS) is 10.7. The lowest BCUT2D eigenvalue weighted by molar-refractivity contribution is 1.08. The number of hydrogen-bond donors (Lipinski definition) is 2. The fraction of sp³-hybridized carbons (Fsp3) is 0.200. The Morgan fingerprint density at radius 1 is 1.05 bits per heavy atom. The summed E-state index contributed by atoms with van der Waals surface area (Å²) in [5.74, 6) is 1.56. The Morgan fingerprint density at radius 3 is 2.70 bits per heavy atom. The molecule has 1 aromatic carbocycles. The molecule has 0 radical (unpaired) electrons. The monoisotopic (exact) mass is 284 g/mol. The van der Waals surface area contributed by atoms with Crippen LogP contribution in [0.3, 0.4) is 0 Å². The van der Waals surface area contributed by atoms with E-state index in [-0.39, 0.29) is 0 Å². The molecule has 3 aromatic rings. The number of anilines is 2. The van der Waals surface area contributed by atoms with Crippen LogP contribution in [-0.4, -0.2) is 16.5 Å². The van der Waals surface area contributed by atoms with E-state index in [1.165, 1.54) is 5.56 Å². The summed E-state index contributed by atoms with van der Waals surface area (Å²) in [6.07, 6.45) is 0. The molecule has 0 saturated carbocycles. The molecule has 0 atom stereocenters. The maximum absolute atomic E-state index is 4.55. The van der Waals surface area contributed by atoms with E-state index in [9.17, 15) is 0 Å². The summed E-state index contributed by atoms with van der Waals surface area (Å²) in [5, 5.41) is 9.70. The zero-order valence-electron chi connectivity index (χ0n) is 11.3. The highest BCUT2D eigenvalue weighted by Gasteiger charge is 2.08. The highest BCUT2D eigenvalue weighted by molar-refractivity contribution is 7.16. The third-order valence-corrected chi connectivity index (χ3v) is 3.77. The first-order valence-corrected chi connectivity index (χ1v) is 7.51. The number of benzene rings is 1. The minimum Gasteiger partial charge on any atom is -0.365 e. The average Bonchev–Trinajstić information content (AvgIpc) is 2.95. The van der Waals surface area contributed by atoms with Crippen LogP contribution in [0, 0.1) is 0 Å². The quantitative estimate of drug-likeness (QED) is 0.749. The summed E-state index contributed by atoms with van der Waals surface area (Å²) in [5.41, 5.74) is 1.24. The summed E-state index contributed by atoms with van der Waals surface area (Å²) >= 11 is 1.63. The van der Waals surface area contributed by atoms with E-state index in [0.29, 0.717) is 5.95 Å². The van der Waals surface area contributed by atoms with E-state index in [1.807, 2.05) is 30.5 Å². The molecule has 20 heavy (non-hydrogen) atoms. The molecule has 0 saturated heterocycles. The highest BCUT2D eigenvalue weighted by Crippen LogP contribution is 2.26. The first-order valence-electron chi connectivity index (χ1n) is 6.63. The maximum atomic E-state index is 4.55. The third-order valence-electron chi connectivity index (χ3n) is 2.96. The van der Waals surface area contributed by atoms with Gasteiger partial charge in [-0.2, -0.15) is 4.98 Å². The molecule has 2 N–H and O–H groups in total. The third kappa shape index (κ3) is 2.72. The number of aromatic nitrogens is 2. The van der Waals surface area contributed by atoms with E-state index in [1.54, 1.807) is 11.3 Å². The average molecular weight is 284 g/mol. The zero-order valence-corrected chi connectivity index (χ0v) is 12.1. The van der Waals surface area contributed by atoms with Crippen LogP contribution in [0.15, 0.2) is 41.8 Å². The van der Waals surface area contributed by atoms with Gasteiger partial charge in [0.2, 0.25) is 5.95 Å². The molecule has 2 heterocycles. The van der Waals surface area contributed by atoms with Gasteiger partial charge in [0.15, 0.2) is 0 Å². The Labute approximate surface area is 121 Å². The second-order valence-corrected chi connectivity index (χ2v) is 5.30. The molecule has 0 amide bonds. The van der Waals surface area contributed by atoms with Crippen LogP contribution < -0.4 is 10.6 Å². The first-order chi connectivity index (χ1) is 9.86. The van der Waals surface area contributed by atoms with Crippen molar-refractivity contribution in [3.05, 3.63) is 47.3 Å². The summed E-state index contributed by atoms with van der Waals surface area (Å²) in [6.45, 7) is 3.61. The minimum absolute atomic E-state index is 0.679. The fourth-order valence-electron chi connectivity index (χ4n) is 2.01. The summed E-state index contributed by atoms with van der Waals surface area (Å²) in [7, 11) is 0. The number of nitrogens with one attached hydrogen (secondary N) is 2. The molecule has 0 fully saturated rings. The van der Waals surface area contributed by atoms with Crippen molar-refractivity contribution < 1.29 is 0 Å². The van der Waals surface area contributed by atoms with Crippen LogP contribution in [0.1, 0.15) is 12.5 Å². The number of fused-ring (bicyclic) bond motifs is 1. The molecule has 0 aliphatic heterocycles. The van der Waals surface area contributed by atoms with Crippen LogP contribution >= 0.6 is 11.3 Å². The molecular formula is C15H16N4S. The zero-order chi connectivity index (χ0) is 13.8. The van der Waals surface area contributed by atoms with Gasteiger partial charge in [-0.05, 0) is 23.9 Å². The number of nitrogens with zero attached hydrogens (tertiary/aromatic N) is 2. The van der Waals surface area contributed by atoms with Crippen molar-refractivity contribution in [2.45, 2.75) is 13.5 Å². The smallest absolute Gasteiger partial charge is 0.226 e. The predicted molar refractivity (Wildman–Crippen MR) is 85.3 cm³/mol. The highest BCUT2D eigenvalue weighted by atomic mass is 32.1. The molecule has 0 aliphatic rings. The molecule has 5 heteroatoms. The molecule has 2 aromatic heterocycles. The van der Waals surface area contributed by atoms with Gasteiger partial charge in [0.05, 0.1) is 5.39 Å². The van der Waals surface area contributed by atoms with Crippen molar-refractivity contribution in [2.24, 2.45) is 0 Å². The second-order valence-electron chi connectivity index (χ2n) is 4.40. The van der Waals surface area contributed by atoms with Crippen molar-refractivity contribution in [1.82, 2.24) is 9.97 Å². The Balaban J connectivity index is 1.87. The Hall–Kier alpha value is -2.14. The largest absolute Gasteiger partial charge is 0.365 e. The van der Waals surface area contributed by atoms with Crippen molar-refractivity contribution in [3.63, 3.8) is 0 Å². The minimum atomic E-state index is 0.679. The molecule has 0 aliphatic carbocycles. The van der Waals surface area contributed by atoms with E-state index in [4.69, 9.17) is 0 Å². The number of rotatable bonds is 5. The van der Waals surface area contributed by atoms with Crippen LogP contribution in [0.25, 0.3) is 10.2 Å². The molecule has 3 rings (SSSR count). The van der Waals surface area contributed by atoms with E-state index in [0.717, 1.165) is 29.1 Å². The molecule has 0 unspecified atom stereocenters. The van der Waals surface area contributed by atoms with Gasteiger partial charge in [0.25, 0.3) is 0 Å². The predicted octanol–water partition coefficient (Wildman–Crippen LogP) is 3.74. The van der Waals surface area contributed by atoms with Crippen molar-refractivity contribution in [1.29, 1.82) is 0 Å². The molecule has 4 nitrogen and oxygen atoms in total. The van der Waals surface area contributed by atoms with E-state index >= 15 is 0 Å². The summed E-state index contributed by atoms with van der Waals surface area (Å²) in [6, 6.07) is 12.4. The summed E-state index contributed by atoms with van der Waals surface area (Å²) < 4.78 is 0. The Morgan fingerprint density at radius 2 is 1.90 bits per heavy atom. The number of thiophene rings is 1. The molecule has 0 spiro atoms. The van der Waals surface area contributed by atoms with Crippen LogP contribution in [0.4, 0.5) is 11.8 Å². The van der Waals surface area contributed by atoms with Gasteiger partial charge in [-0.25, -0.2) is 4.98 Å². The Kier molecular flexibility index (Phi) is 3.78. The SMILES string of the molecule is CCNc1nc(NCc2ccccc2)c2ccsc2n1. The first kappa shape index (κ1) is 12.9. The molecule has 0 bridgehead atoms. The maximum Gasteiger partial charge on any atom is 0.226 e. The number of hydrogen-bond acceptors (Lipinski definition) is 5. The molecular weight excluding hydrogens is 268 g/mol. The van der Waals surface area contributed by atoms with Gasteiger partial charge in [0.1, 0.15) is 10.6 Å². The van der Waals surface area contributed by atoms with Crippen molar-refractivity contribution in [2.75, 3.05) is 17.2 Å². The van der Waals surface area contributed by atoms with Gasteiger partial charge >= 0.3 is 0 Å². The van der Waals surface area contributed by atoms with Gasteiger partial charge in [-0.3, -0.25) is 0 Å². The lowest BCUT2D eigenvalue weighted by atomic mass is 10.2. The van der Waals surface area contributed by atoms with Crippen molar-refractivity contribution in [3.8, 4) is 0 Å².